The Morgan fingerprint density at radius 3 is 2.83 bits per heavy atom. The lowest BCUT2D eigenvalue weighted by molar-refractivity contribution is -0.265. The number of aromatic amines is 1. The van der Waals surface area contributed by atoms with Crippen molar-refractivity contribution < 1.29 is 18.7 Å². The van der Waals surface area contributed by atoms with Crippen molar-refractivity contribution in [3.05, 3.63) is 33.2 Å². The molecule has 3 rings (SSSR count). The maximum atomic E-state index is 14.1. The van der Waals surface area contributed by atoms with Gasteiger partial charge in [-0.1, -0.05) is 13.8 Å². The highest BCUT2D eigenvalue weighted by molar-refractivity contribution is 9.10. The molecule has 23 heavy (non-hydrogen) atoms. The molecule has 0 saturated heterocycles. The number of hydrogen-bond donors (Lipinski definition) is 1. The molecule has 124 valence electrons. The summed E-state index contributed by atoms with van der Waals surface area (Å²) >= 11 is 3.36. The van der Waals surface area contributed by atoms with Gasteiger partial charge in [0, 0.05) is 18.2 Å². The number of hydrogen-bond acceptors (Lipinski definition) is 3. The zero-order valence-corrected chi connectivity index (χ0v) is 15.1. The van der Waals surface area contributed by atoms with Gasteiger partial charge in [-0.3, -0.25) is 4.79 Å². The molecule has 1 aliphatic rings. The van der Waals surface area contributed by atoms with Gasteiger partial charge in [0.05, 0.1) is 22.3 Å². The smallest absolute Gasteiger partial charge is 0.305 e. The van der Waals surface area contributed by atoms with Crippen LogP contribution in [0.3, 0.4) is 0 Å². The number of fused-ring (bicyclic) bond motifs is 3. The zero-order valence-electron chi connectivity index (χ0n) is 13.5. The van der Waals surface area contributed by atoms with Crippen LogP contribution in [0, 0.1) is 18.7 Å². The van der Waals surface area contributed by atoms with Crippen molar-refractivity contribution in [1.82, 2.24) is 4.98 Å². The molecule has 0 saturated carbocycles. The van der Waals surface area contributed by atoms with E-state index in [4.69, 9.17) is 9.47 Å². The molecular formula is C17H19BrFNO3. The average molecular weight is 384 g/mol. The summed E-state index contributed by atoms with van der Waals surface area (Å²) in [5.74, 6) is -1.97. The number of carbonyl (C=O) groups is 1. The van der Waals surface area contributed by atoms with E-state index in [0.717, 1.165) is 22.0 Å². The molecule has 0 radical (unpaired) electrons. The molecule has 1 unspecified atom stereocenters. The fraction of sp³-hybridized carbons (Fsp3) is 0.471. The first kappa shape index (κ1) is 16.5. The molecular weight excluding hydrogens is 365 g/mol. The normalized spacial score (nSPS) is 20.8. The summed E-state index contributed by atoms with van der Waals surface area (Å²) in [4.78, 5) is 15.0. The van der Waals surface area contributed by atoms with E-state index in [9.17, 15) is 9.18 Å². The van der Waals surface area contributed by atoms with Gasteiger partial charge in [0.15, 0.2) is 0 Å². The highest BCUT2D eigenvalue weighted by atomic mass is 79.9. The monoisotopic (exact) mass is 383 g/mol. The molecule has 2 heterocycles. The molecule has 6 heteroatoms. The number of carbonyl (C=O) groups excluding carboxylic acids is 1. The van der Waals surface area contributed by atoms with Crippen LogP contribution in [-0.2, 0) is 26.5 Å². The molecule has 0 aliphatic carbocycles. The SMILES string of the molecule is CC(=O)OC1(C(C)C)OCCc2c1[nH]c1c(C)cc(F)c(Br)c21. The topological polar surface area (TPSA) is 51.3 Å². The van der Waals surface area contributed by atoms with E-state index in [1.165, 1.54) is 13.0 Å². The van der Waals surface area contributed by atoms with E-state index >= 15 is 0 Å². The summed E-state index contributed by atoms with van der Waals surface area (Å²) in [6, 6.07) is 1.48. The van der Waals surface area contributed by atoms with Crippen molar-refractivity contribution in [1.29, 1.82) is 0 Å². The summed E-state index contributed by atoms with van der Waals surface area (Å²) in [5, 5.41) is 0.804. The van der Waals surface area contributed by atoms with Crippen molar-refractivity contribution in [3.63, 3.8) is 0 Å². The Morgan fingerprint density at radius 2 is 2.22 bits per heavy atom. The second-order valence-corrected chi connectivity index (χ2v) is 7.03. The van der Waals surface area contributed by atoms with Crippen LogP contribution in [0.1, 0.15) is 37.6 Å². The Hall–Kier alpha value is -1.40. The van der Waals surface area contributed by atoms with Gasteiger partial charge >= 0.3 is 5.97 Å². The zero-order chi connectivity index (χ0) is 16.9. The molecule has 1 aromatic heterocycles. The van der Waals surface area contributed by atoms with Crippen LogP contribution < -0.4 is 0 Å². The highest BCUT2D eigenvalue weighted by Gasteiger charge is 2.46. The Labute approximate surface area is 142 Å². The van der Waals surface area contributed by atoms with Crippen molar-refractivity contribution in [3.8, 4) is 0 Å². The minimum Gasteiger partial charge on any atom is -0.427 e. The van der Waals surface area contributed by atoms with Gasteiger partial charge in [0.2, 0.25) is 0 Å². The lowest BCUT2D eigenvalue weighted by atomic mass is 9.92. The number of esters is 1. The summed E-state index contributed by atoms with van der Waals surface area (Å²) in [6.45, 7) is 7.50. The summed E-state index contributed by atoms with van der Waals surface area (Å²) in [6.07, 6.45) is 0.632. The minimum absolute atomic E-state index is 0.0950. The number of halogens is 2. The number of nitrogens with one attached hydrogen (secondary N) is 1. The second kappa shape index (κ2) is 5.60. The van der Waals surface area contributed by atoms with E-state index in [1.807, 2.05) is 20.8 Å². The molecule has 1 aliphatic heterocycles. The second-order valence-electron chi connectivity index (χ2n) is 6.23. The average Bonchev–Trinajstić information content (AvgIpc) is 2.85. The van der Waals surface area contributed by atoms with Crippen LogP contribution >= 0.6 is 15.9 Å². The standard InChI is InChI=1S/C17H19BrFNO3/c1-8(2)17(23-10(4)21)16-11(5-6-22-17)13-14(18)12(19)7-9(3)15(13)20-16/h7-8,20H,5-6H2,1-4H3. The molecule has 0 bridgehead atoms. The van der Waals surface area contributed by atoms with Crippen molar-refractivity contribution in [2.75, 3.05) is 6.61 Å². The van der Waals surface area contributed by atoms with Gasteiger partial charge in [-0.15, -0.1) is 0 Å². The van der Waals surface area contributed by atoms with Gasteiger partial charge in [-0.05, 0) is 46.5 Å². The summed E-state index contributed by atoms with van der Waals surface area (Å²) in [5.41, 5.74) is 3.29. The predicted octanol–water partition coefficient (Wildman–Crippen LogP) is 4.32. The molecule has 1 atom stereocenters. The third kappa shape index (κ3) is 2.39. The number of rotatable bonds is 2. The fourth-order valence-corrected chi connectivity index (χ4v) is 3.87. The third-order valence-electron chi connectivity index (χ3n) is 4.34. The molecule has 0 spiro atoms. The van der Waals surface area contributed by atoms with Crippen LogP contribution in [-0.4, -0.2) is 17.6 Å². The molecule has 1 N–H and O–H groups in total. The van der Waals surface area contributed by atoms with Crippen molar-refractivity contribution in [2.45, 2.75) is 39.9 Å². The first-order valence-electron chi connectivity index (χ1n) is 7.61. The molecule has 4 nitrogen and oxygen atoms in total. The van der Waals surface area contributed by atoms with E-state index in [0.29, 0.717) is 23.2 Å². The van der Waals surface area contributed by atoms with Crippen molar-refractivity contribution in [2.24, 2.45) is 5.92 Å². The van der Waals surface area contributed by atoms with Crippen LogP contribution in [0.5, 0.6) is 0 Å². The Balaban J connectivity index is 2.35. The number of H-pyrrole nitrogens is 1. The minimum atomic E-state index is -1.17. The van der Waals surface area contributed by atoms with Crippen LogP contribution in [0.15, 0.2) is 10.5 Å². The van der Waals surface area contributed by atoms with Gasteiger partial charge in [-0.25, -0.2) is 4.39 Å². The molecule has 0 amide bonds. The van der Waals surface area contributed by atoms with E-state index in [2.05, 4.69) is 20.9 Å². The predicted molar refractivity (Wildman–Crippen MR) is 88.6 cm³/mol. The number of ether oxygens (including phenoxy) is 2. The van der Waals surface area contributed by atoms with Gasteiger partial charge in [0.1, 0.15) is 5.82 Å². The van der Waals surface area contributed by atoms with E-state index < -0.39 is 11.8 Å². The first-order chi connectivity index (χ1) is 10.8. The quantitative estimate of drug-likeness (QED) is 0.785. The largest absolute Gasteiger partial charge is 0.427 e. The summed E-state index contributed by atoms with van der Waals surface area (Å²) in [7, 11) is 0. The van der Waals surface area contributed by atoms with Crippen molar-refractivity contribution >= 4 is 32.8 Å². The number of aryl methyl sites for hydroxylation is 1. The number of aromatic nitrogens is 1. The number of benzene rings is 1. The maximum absolute atomic E-state index is 14.1. The van der Waals surface area contributed by atoms with E-state index in [-0.39, 0.29) is 11.7 Å². The van der Waals surface area contributed by atoms with Gasteiger partial charge in [0.25, 0.3) is 5.79 Å². The van der Waals surface area contributed by atoms with Gasteiger partial charge < -0.3 is 14.5 Å². The lowest BCUT2D eigenvalue weighted by Crippen LogP contribution is -2.44. The molecule has 1 aromatic carbocycles. The fourth-order valence-electron chi connectivity index (χ4n) is 3.31. The first-order valence-corrected chi connectivity index (χ1v) is 8.40. The summed E-state index contributed by atoms with van der Waals surface area (Å²) < 4.78 is 26.1. The maximum Gasteiger partial charge on any atom is 0.305 e. The third-order valence-corrected chi connectivity index (χ3v) is 5.12. The van der Waals surface area contributed by atoms with Gasteiger partial charge in [-0.2, -0.15) is 0 Å². The van der Waals surface area contributed by atoms with Crippen LogP contribution in [0.4, 0.5) is 4.39 Å². The highest BCUT2D eigenvalue weighted by Crippen LogP contribution is 2.45. The molecule has 0 fully saturated rings. The Kier molecular flexibility index (Phi) is 4.01. The van der Waals surface area contributed by atoms with Crippen LogP contribution in [0.25, 0.3) is 10.9 Å². The lowest BCUT2D eigenvalue weighted by Gasteiger charge is -2.39. The Morgan fingerprint density at radius 1 is 1.52 bits per heavy atom. The van der Waals surface area contributed by atoms with E-state index in [1.54, 1.807) is 0 Å². The molecule has 2 aromatic rings. The van der Waals surface area contributed by atoms with Crippen LogP contribution in [0.2, 0.25) is 0 Å². The Bertz CT molecular complexity index is 799.